The van der Waals surface area contributed by atoms with Gasteiger partial charge in [0.25, 0.3) is 0 Å². The summed E-state index contributed by atoms with van der Waals surface area (Å²) in [7, 11) is -2.42. The van der Waals surface area contributed by atoms with E-state index in [2.05, 4.69) is 10.00 Å². The molecule has 3 rings (SSSR count). The molecule has 1 saturated heterocycles. The van der Waals surface area contributed by atoms with Crippen LogP contribution >= 0.6 is 0 Å². The highest BCUT2D eigenvalue weighted by molar-refractivity contribution is 7.89. The number of methoxy groups -OCH3 is 1. The van der Waals surface area contributed by atoms with E-state index in [1.54, 1.807) is 0 Å². The van der Waals surface area contributed by atoms with Crippen LogP contribution in [0.2, 0.25) is 0 Å². The van der Waals surface area contributed by atoms with Crippen LogP contribution in [0.4, 0.5) is 4.39 Å². The summed E-state index contributed by atoms with van der Waals surface area (Å²) in [4.78, 5) is 2.09. The second kappa shape index (κ2) is 7.95. The molecule has 1 aromatic heterocycles. The first-order valence-corrected chi connectivity index (χ1v) is 10.3. The number of aryl methyl sites for hydroxylation is 2. The van der Waals surface area contributed by atoms with Crippen molar-refractivity contribution < 1.29 is 17.5 Å². The molecular formula is C18H25FN4O3S. The van der Waals surface area contributed by atoms with Gasteiger partial charge in [0.2, 0.25) is 10.0 Å². The first-order chi connectivity index (χ1) is 12.8. The summed E-state index contributed by atoms with van der Waals surface area (Å²) in [5.41, 5.74) is 2.11. The van der Waals surface area contributed by atoms with E-state index in [0.717, 1.165) is 30.5 Å². The Labute approximate surface area is 159 Å². The van der Waals surface area contributed by atoms with Crippen LogP contribution < -0.4 is 4.74 Å². The molecule has 0 N–H and O–H groups in total. The Morgan fingerprint density at radius 1 is 1.11 bits per heavy atom. The Bertz CT molecular complexity index is 905. The van der Waals surface area contributed by atoms with Crippen LogP contribution in [-0.4, -0.2) is 67.2 Å². The monoisotopic (exact) mass is 396 g/mol. The molecule has 0 atom stereocenters. The molecule has 2 heterocycles. The number of hydrogen-bond donors (Lipinski definition) is 0. The predicted molar refractivity (Wildman–Crippen MR) is 99.9 cm³/mol. The van der Waals surface area contributed by atoms with Crippen molar-refractivity contribution in [3.8, 4) is 5.75 Å². The highest BCUT2D eigenvalue weighted by Gasteiger charge is 2.31. The number of aromatic nitrogens is 2. The van der Waals surface area contributed by atoms with E-state index in [9.17, 15) is 12.8 Å². The average molecular weight is 396 g/mol. The third-order valence-corrected chi connectivity index (χ3v) is 6.73. The fraction of sp³-hybridized carbons (Fsp3) is 0.500. The maximum absolute atomic E-state index is 13.6. The maximum atomic E-state index is 13.6. The van der Waals surface area contributed by atoms with Crippen molar-refractivity contribution in [2.75, 3.05) is 39.8 Å². The second-order valence-electron chi connectivity index (χ2n) is 6.69. The third-order valence-electron chi connectivity index (χ3n) is 4.81. The van der Waals surface area contributed by atoms with E-state index < -0.39 is 15.8 Å². The smallest absolute Gasteiger partial charge is 0.246 e. The van der Waals surface area contributed by atoms with Gasteiger partial charge >= 0.3 is 0 Å². The lowest BCUT2D eigenvalue weighted by Gasteiger charge is -2.34. The van der Waals surface area contributed by atoms with Crippen molar-refractivity contribution in [1.29, 1.82) is 0 Å². The SMILES string of the molecule is COc1ccc(F)cc1S(=O)(=O)N1CCN(CCn2nc(C)cc2C)CC1. The molecule has 0 spiro atoms. The predicted octanol–water partition coefficient (Wildman–Crippen LogP) is 1.65. The lowest BCUT2D eigenvalue weighted by Crippen LogP contribution is -2.49. The summed E-state index contributed by atoms with van der Waals surface area (Å²) in [5.74, 6) is -0.443. The molecule has 27 heavy (non-hydrogen) atoms. The number of rotatable bonds is 6. The van der Waals surface area contributed by atoms with Crippen LogP contribution in [0.5, 0.6) is 5.75 Å². The van der Waals surface area contributed by atoms with Crippen molar-refractivity contribution in [3.63, 3.8) is 0 Å². The van der Waals surface area contributed by atoms with E-state index in [0.29, 0.717) is 26.2 Å². The maximum Gasteiger partial charge on any atom is 0.246 e. The van der Waals surface area contributed by atoms with E-state index in [1.807, 2.05) is 24.6 Å². The molecule has 0 bridgehead atoms. The highest BCUT2D eigenvalue weighted by atomic mass is 32.2. The molecule has 0 radical (unpaired) electrons. The lowest BCUT2D eigenvalue weighted by molar-refractivity contribution is 0.180. The van der Waals surface area contributed by atoms with E-state index in [1.165, 1.54) is 23.5 Å². The molecule has 1 aliphatic heterocycles. The van der Waals surface area contributed by atoms with Gasteiger partial charge in [-0.1, -0.05) is 0 Å². The molecule has 0 amide bonds. The lowest BCUT2D eigenvalue weighted by atomic mass is 10.3. The third kappa shape index (κ3) is 4.31. The summed E-state index contributed by atoms with van der Waals surface area (Å²) in [6.07, 6.45) is 0. The van der Waals surface area contributed by atoms with Gasteiger partial charge in [-0.3, -0.25) is 9.58 Å². The van der Waals surface area contributed by atoms with Crippen molar-refractivity contribution in [3.05, 3.63) is 41.5 Å². The van der Waals surface area contributed by atoms with Crippen LogP contribution in [-0.2, 0) is 16.6 Å². The molecule has 9 heteroatoms. The number of halogens is 1. The fourth-order valence-electron chi connectivity index (χ4n) is 3.32. The van der Waals surface area contributed by atoms with Crippen LogP contribution in [0.25, 0.3) is 0 Å². The Balaban J connectivity index is 1.63. The first-order valence-electron chi connectivity index (χ1n) is 8.88. The molecule has 0 unspecified atom stereocenters. The number of ether oxygens (including phenoxy) is 1. The molecular weight excluding hydrogens is 371 g/mol. The number of sulfonamides is 1. The number of hydrogen-bond acceptors (Lipinski definition) is 5. The zero-order valence-electron chi connectivity index (χ0n) is 15.9. The van der Waals surface area contributed by atoms with E-state index >= 15 is 0 Å². The van der Waals surface area contributed by atoms with E-state index in [4.69, 9.17) is 4.74 Å². The summed E-state index contributed by atoms with van der Waals surface area (Å²) in [6.45, 7) is 7.53. The summed E-state index contributed by atoms with van der Waals surface area (Å²) >= 11 is 0. The Morgan fingerprint density at radius 3 is 2.41 bits per heavy atom. The van der Waals surface area contributed by atoms with Gasteiger partial charge < -0.3 is 4.74 Å². The normalized spacial score (nSPS) is 16.6. The zero-order valence-corrected chi connectivity index (χ0v) is 16.7. The zero-order chi connectivity index (χ0) is 19.6. The molecule has 148 valence electrons. The largest absolute Gasteiger partial charge is 0.495 e. The van der Waals surface area contributed by atoms with Gasteiger partial charge in [0.1, 0.15) is 16.5 Å². The molecule has 1 aromatic carbocycles. The van der Waals surface area contributed by atoms with Gasteiger partial charge in [0, 0.05) is 38.4 Å². The van der Waals surface area contributed by atoms with Gasteiger partial charge in [-0.05, 0) is 38.1 Å². The summed E-state index contributed by atoms with van der Waals surface area (Å²) < 4.78 is 47.9. The van der Waals surface area contributed by atoms with Crippen molar-refractivity contribution in [2.24, 2.45) is 0 Å². The fourth-order valence-corrected chi connectivity index (χ4v) is 4.91. The molecule has 0 aliphatic carbocycles. The Kier molecular flexibility index (Phi) is 5.83. The minimum absolute atomic E-state index is 0.124. The number of benzene rings is 1. The van der Waals surface area contributed by atoms with Crippen LogP contribution in [0, 0.1) is 19.7 Å². The highest BCUT2D eigenvalue weighted by Crippen LogP contribution is 2.28. The van der Waals surface area contributed by atoms with Crippen molar-refractivity contribution in [1.82, 2.24) is 19.0 Å². The van der Waals surface area contributed by atoms with Crippen molar-refractivity contribution in [2.45, 2.75) is 25.3 Å². The van der Waals surface area contributed by atoms with Gasteiger partial charge in [-0.2, -0.15) is 9.40 Å². The summed E-state index contributed by atoms with van der Waals surface area (Å²) in [5, 5.41) is 4.45. The van der Waals surface area contributed by atoms with Gasteiger partial charge in [-0.25, -0.2) is 12.8 Å². The molecule has 2 aromatic rings. The van der Waals surface area contributed by atoms with Crippen molar-refractivity contribution >= 4 is 10.0 Å². The Morgan fingerprint density at radius 2 is 1.81 bits per heavy atom. The van der Waals surface area contributed by atoms with Gasteiger partial charge in [-0.15, -0.1) is 0 Å². The Hall–Kier alpha value is -1.97. The van der Waals surface area contributed by atoms with Gasteiger partial charge in [0.15, 0.2) is 0 Å². The molecule has 0 saturated carbocycles. The summed E-state index contributed by atoms with van der Waals surface area (Å²) in [6, 6.07) is 5.59. The standard InChI is InChI=1S/C18H25FN4O3S/c1-14-12-15(2)23(20-14)11-8-21-6-9-22(10-7-21)27(24,25)18-13-16(19)4-5-17(18)26-3/h4-5,12-13H,6-11H2,1-3H3. The van der Waals surface area contributed by atoms with Gasteiger partial charge in [0.05, 0.1) is 19.3 Å². The molecule has 1 fully saturated rings. The van der Waals surface area contributed by atoms with Crippen LogP contribution in [0.1, 0.15) is 11.4 Å². The minimum Gasteiger partial charge on any atom is -0.495 e. The second-order valence-corrected chi connectivity index (χ2v) is 8.60. The minimum atomic E-state index is -3.80. The quantitative estimate of drug-likeness (QED) is 0.743. The molecule has 1 aliphatic rings. The van der Waals surface area contributed by atoms with E-state index in [-0.39, 0.29) is 10.6 Å². The topological polar surface area (TPSA) is 67.7 Å². The number of nitrogens with zero attached hydrogens (tertiary/aromatic N) is 4. The van der Waals surface area contributed by atoms with Crippen LogP contribution in [0.3, 0.4) is 0 Å². The first kappa shape index (κ1) is 19.8. The number of piperazine rings is 1. The average Bonchev–Trinajstić information content (AvgIpc) is 2.97. The molecule has 7 nitrogen and oxygen atoms in total. The van der Waals surface area contributed by atoms with Crippen LogP contribution in [0.15, 0.2) is 29.2 Å².